The lowest BCUT2D eigenvalue weighted by Crippen LogP contribution is -2.34. The number of aliphatic carboxylic acids is 1. The largest absolute Gasteiger partial charge is 0.480 e. The summed E-state index contributed by atoms with van der Waals surface area (Å²) in [6.07, 6.45) is 0. The average molecular weight is 315 g/mol. The van der Waals surface area contributed by atoms with Crippen LogP contribution >= 0.6 is 11.6 Å². The van der Waals surface area contributed by atoms with Crippen molar-refractivity contribution in [2.24, 2.45) is 0 Å². The maximum absolute atomic E-state index is 11.8. The molecule has 0 spiro atoms. The first-order valence-corrected chi connectivity index (χ1v) is 6.29. The fraction of sp³-hybridized carbons (Fsp3) is 0.308. The SMILES string of the molecule is COC(=O)c1cc(Cl)ccc1NC(=O)CN(C)CC(=O)O. The minimum Gasteiger partial charge on any atom is -0.480 e. The van der Waals surface area contributed by atoms with E-state index >= 15 is 0 Å². The zero-order valence-electron chi connectivity index (χ0n) is 11.6. The molecule has 0 radical (unpaired) electrons. The van der Waals surface area contributed by atoms with Crippen LogP contribution in [0.2, 0.25) is 5.02 Å². The third kappa shape index (κ3) is 5.41. The Morgan fingerprint density at radius 1 is 1.33 bits per heavy atom. The summed E-state index contributed by atoms with van der Waals surface area (Å²) in [5.41, 5.74) is 0.374. The van der Waals surface area contributed by atoms with Crippen LogP contribution in [0.25, 0.3) is 0 Å². The van der Waals surface area contributed by atoms with Crippen molar-refractivity contribution in [1.82, 2.24) is 4.90 Å². The molecule has 0 unspecified atom stereocenters. The van der Waals surface area contributed by atoms with Gasteiger partial charge in [0.05, 0.1) is 31.5 Å². The molecule has 0 saturated heterocycles. The fourth-order valence-corrected chi connectivity index (χ4v) is 1.80. The number of ether oxygens (including phenoxy) is 1. The lowest BCUT2D eigenvalue weighted by atomic mass is 10.1. The summed E-state index contributed by atoms with van der Waals surface area (Å²) in [6, 6.07) is 4.37. The predicted octanol–water partition coefficient (Wildman–Crippen LogP) is 1.08. The Kier molecular flexibility index (Phi) is 6.13. The minimum absolute atomic E-state index is 0.124. The molecule has 0 bridgehead atoms. The number of hydrogen-bond acceptors (Lipinski definition) is 5. The lowest BCUT2D eigenvalue weighted by Gasteiger charge is -2.15. The average Bonchev–Trinajstić information content (AvgIpc) is 2.38. The van der Waals surface area contributed by atoms with Gasteiger partial charge in [-0.05, 0) is 25.2 Å². The van der Waals surface area contributed by atoms with Crippen LogP contribution < -0.4 is 5.32 Å². The number of nitrogens with zero attached hydrogens (tertiary/aromatic N) is 1. The van der Waals surface area contributed by atoms with Crippen molar-refractivity contribution in [2.75, 3.05) is 32.6 Å². The van der Waals surface area contributed by atoms with E-state index in [1.165, 1.54) is 37.3 Å². The summed E-state index contributed by atoms with van der Waals surface area (Å²) in [6.45, 7) is -0.395. The van der Waals surface area contributed by atoms with Gasteiger partial charge in [0.15, 0.2) is 0 Å². The number of rotatable bonds is 6. The van der Waals surface area contributed by atoms with Crippen molar-refractivity contribution in [3.63, 3.8) is 0 Å². The van der Waals surface area contributed by atoms with E-state index in [2.05, 4.69) is 10.1 Å². The Balaban J connectivity index is 2.80. The number of carboxylic acid groups (broad SMARTS) is 1. The molecule has 0 aliphatic heterocycles. The molecule has 0 aliphatic carbocycles. The Labute approximate surface area is 126 Å². The number of carbonyl (C=O) groups is 3. The van der Waals surface area contributed by atoms with E-state index in [0.29, 0.717) is 5.02 Å². The second kappa shape index (κ2) is 7.61. The van der Waals surface area contributed by atoms with E-state index in [0.717, 1.165) is 0 Å². The molecule has 1 aromatic carbocycles. The molecule has 21 heavy (non-hydrogen) atoms. The van der Waals surface area contributed by atoms with E-state index in [4.69, 9.17) is 16.7 Å². The number of benzene rings is 1. The smallest absolute Gasteiger partial charge is 0.340 e. The van der Waals surface area contributed by atoms with Gasteiger partial charge in [0.2, 0.25) is 5.91 Å². The van der Waals surface area contributed by atoms with Gasteiger partial charge in [-0.15, -0.1) is 0 Å². The van der Waals surface area contributed by atoms with Crippen LogP contribution in [-0.4, -0.2) is 55.1 Å². The van der Waals surface area contributed by atoms with E-state index in [1.807, 2.05) is 0 Å². The number of carboxylic acids is 1. The van der Waals surface area contributed by atoms with Crippen molar-refractivity contribution >= 4 is 35.1 Å². The first-order chi connectivity index (χ1) is 9.83. The summed E-state index contributed by atoms with van der Waals surface area (Å²) >= 11 is 5.80. The Morgan fingerprint density at radius 2 is 2.00 bits per heavy atom. The molecular weight excluding hydrogens is 300 g/mol. The normalized spacial score (nSPS) is 10.3. The molecule has 8 heteroatoms. The fourth-order valence-electron chi connectivity index (χ4n) is 1.63. The molecule has 7 nitrogen and oxygen atoms in total. The van der Waals surface area contributed by atoms with Gasteiger partial charge in [0.1, 0.15) is 0 Å². The zero-order chi connectivity index (χ0) is 16.0. The molecule has 1 rings (SSSR count). The standard InChI is InChI=1S/C13H15ClN2O5/c1-16(7-12(18)19)6-11(17)15-10-4-3-8(14)5-9(10)13(20)21-2/h3-5H,6-7H2,1-2H3,(H,15,17)(H,18,19). The number of anilines is 1. The van der Waals surface area contributed by atoms with E-state index < -0.39 is 17.8 Å². The Hall–Kier alpha value is -2.12. The molecule has 1 aromatic rings. The topological polar surface area (TPSA) is 95.9 Å². The number of carbonyl (C=O) groups excluding carboxylic acids is 2. The number of hydrogen-bond donors (Lipinski definition) is 2. The molecule has 0 saturated carbocycles. The second-order valence-corrected chi connectivity index (χ2v) is 4.73. The summed E-state index contributed by atoms with van der Waals surface area (Å²) < 4.78 is 4.61. The first-order valence-electron chi connectivity index (χ1n) is 5.91. The number of amides is 1. The molecule has 114 valence electrons. The quantitative estimate of drug-likeness (QED) is 0.763. The first kappa shape index (κ1) is 16.9. The highest BCUT2D eigenvalue weighted by Crippen LogP contribution is 2.21. The van der Waals surface area contributed by atoms with E-state index in [9.17, 15) is 14.4 Å². The zero-order valence-corrected chi connectivity index (χ0v) is 12.3. The van der Waals surface area contributed by atoms with Gasteiger partial charge in [-0.3, -0.25) is 14.5 Å². The van der Waals surface area contributed by atoms with Crippen LogP contribution in [-0.2, 0) is 14.3 Å². The molecular formula is C13H15ClN2O5. The molecule has 0 aliphatic rings. The number of methoxy groups -OCH3 is 1. The number of nitrogens with one attached hydrogen (secondary N) is 1. The summed E-state index contributed by atoms with van der Waals surface area (Å²) in [5.74, 6) is -2.12. The minimum atomic E-state index is -1.04. The van der Waals surface area contributed by atoms with Gasteiger partial charge in [-0.25, -0.2) is 4.79 Å². The van der Waals surface area contributed by atoms with Crippen molar-refractivity contribution in [3.05, 3.63) is 28.8 Å². The van der Waals surface area contributed by atoms with Crippen molar-refractivity contribution in [1.29, 1.82) is 0 Å². The van der Waals surface area contributed by atoms with Gasteiger partial charge in [0.25, 0.3) is 0 Å². The van der Waals surface area contributed by atoms with Gasteiger partial charge in [-0.2, -0.15) is 0 Å². The van der Waals surface area contributed by atoms with Crippen LogP contribution in [0.3, 0.4) is 0 Å². The Morgan fingerprint density at radius 3 is 2.57 bits per heavy atom. The molecule has 0 fully saturated rings. The second-order valence-electron chi connectivity index (χ2n) is 4.30. The molecule has 0 aromatic heterocycles. The van der Waals surface area contributed by atoms with Gasteiger partial charge in [0, 0.05) is 5.02 Å². The predicted molar refractivity (Wildman–Crippen MR) is 76.6 cm³/mol. The summed E-state index contributed by atoms with van der Waals surface area (Å²) in [4.78, 5) is 35.3. The van der Waals surface area contributed by atoms with Crippen LogP contribution in [0.1, 0.15) is 10.4 Å². The van der Waals surface area contributed by atoms with E-state index in [-0.39, 0.29) is 24.3 Å². The summed E-state index contributed by atoms with van der Waals surface area (Å²) in [7, 11) is 2.71. The number of halogens is 1. The van der Waals surface area contributed by atoms with Crippen LogP contribution in [0.4, 0.5) is 5.69 Å². The van der Waals surface area contributed by atoms with Crippen LogP contribution in [0.5, 0.6) is 0 Å². The third-order valence-electron chi connectivity index (χ3n) is 2.48. The van der Waals surface area contributed by atoms with Crippen molar-refractivity contribution in [2.45, 2.75) is 0 Å². The van der Waals surface area contributed by atoms with Crippen LogP contribution in [0.15, 0.2) is 18.2 Å². The number of esters is 1. The van der Waals surface area contributed by atoms with E-state index in [1.54, 1.807) is 0 Å². The van der Waals surface area contributed by atoms with Gasteiger partial charge in [-0.1, -0.05) is 11.6 Å². The molecule has 1 amide bonds. The summed E-state index contributed by atoms with van der Waals surface area (Å²) in [5, 5.41) is 11.5. The number of likely N-dealkylation sites (N-methyl/N-ethyl adjacent to an activating group) is 1. The van der Waals surface area contributed by atoms with Gasteiger partial charge >= 0.3 is 11.9 Å². The molecule has 0 atom stereocenters. The monoisotopic (exact) mass is 314 g/mol. The van der Waals surface area contributed by atoms with Crippen LogP contribution in [0, 0.1) is 0 Å². The Bertz CT molecular complexity index is 561. The third-order valence-corrected chi connectivity index (χ3v) is 2.71. The molecule has 0 heterocycles. The molecule has 2 N–H and O–H groups in total. The maximum Gasteiger partial charge on any atom is 0.340 e. The highest BCUT2D eigenvalue weighted by molar-refractivity contribution is 6.31. The van der Waals surface area contributed by atoms with Crippen molar-refractivity contribution < 1.29 is 24.2 Å². The highest BCUT2D eigenvalue weighted by Gasteiger charge is 2.16. The maximum atomic E-state index is 11.8. The highest BCUT2D eigenvalue weighted by atomic mass is 35.5. The lowest BCUT2D eigenvalue weighted by molar-refractivity contribution is -0.138. The van der Waals surface area contributed by atoms with Gasteiger partial charge < -0.3 is 15.2 Å². The van der Waals surface area contributed by atoms with Crippen molar-refractivity contribution in [3.8, 4) is 0 Å².